The van der Waals surface area contributed by atoms with Crippen molar-refractivity contribution in [2.75, 3.05) is 14.2 Å². The Morgan fingerprint density at radius 3 is 2.48 bits per heavy atom. The van der Waals surface area contributed by atoms with E-state index in [0.717, 1.165) is 10.7 Å². The minimum atomic E-state index is -2.90. The number of ether oxygens (including phenoxy) is 2. The molecule has 162 valence electrons. The van der Waals surface area contributed by atoms with Crippen molar-refractivity contribution in [1.29, 1.82) is 0 Å². The lowest BCUT2D eigenvalue weighted by Crippen LogP contribution is -2.36. The number of guanidine groups is 1. The molecule has 10 heteroatoms. The van der Waals surface area contributed by atoms with Crippen molar-refractivity contribution in [1.82, 2.24) is 15.6 Å². The van der Waals surface area contributed by atoms with Crippen LogP contribution >= 0.6 is 35.3 Å². The standard InChI is InChI=1S/C19H26F2N4O2S.HI/c1-19(2,3)15-11-28-16(25-15)10-24-18(22-4)23-9-12-8-13(26-5)6-7-14(12)27-17(20)21;/h6-8,11,17H,9-10H2,1-5H3,(H2,22,23,24);1H. The van der Waals surface area contributed by atoms with E-state index in [2.05, 4.69) is 51.5 Å². The monoisotopic (exact) mass is 540 g/mol. The van der Waals surface area contributed by atoms with E-state index in [1.54, 1.807) is 30.5 Å². The molecule has 0 aliphatic heterocycles. The van der Waals surface area contributed by atoms with Gasteiger partial charge < -0.3 is 20.1 Å². The summed E-state index contributed by atoms with van der Waals surface area (Å²) in [5.74, 6) is 1.17. The van der Waals surface area contributed by atoms with Crippen LogP contribution in [-0.2, 0) is 18.5 Å². The molecule has 0 aliphatic carbocycles. The first-order valence-corrected chi connectivity index (χ1v) is 9.62. The second-order valence-corrected chi connectivity index (χ2v) is 7.95. The zero-order chi connectivity index (χ0) is 20.7. The Morgan fingerprint density at radius 2 is 1.93 bits per heavy atom. The molecule has 0 fully saturated rings. The van der Waals surface area contributed by atoms with Gasteiger partial charge in [0, 0.05) is 30.0 Å². The first kappa shape index (κ1) is 25.3. The largest absolute Gasteiger partial charge is 0.497 e. The number of rotatable bonds is 7. The normalized spacial score (nSPS) is 11.8. The highest BCUT2D eigenvalue weighted by Crippen LogP contribution is 2.26. The SMILES string of the molecule is CN=C(NCc1nc(C(C)(C)C)cs1)NCc1cc(OC)ccc1OC(F)F.I. The summed E-state index contributed by atoms with van der Waals surface area (Å²) in [6.45, 7) is 4.21. The summed E-state index contributed by atoms with van der Waals surface area (Å²) < 4.78 is 35.0. The molecule has 1 heterocycles. The Kier molecular flexibility index (Phi) is 10.0. The van der Waals surface area contributed by atoms with Crippen LogP contribution in [0.25, 0.3) is 0 Å². The van der Waals surface area contributed by atoms with E-state index in [4.69, 9.17) is 4.74 Å². The van der Waals surface area contributed by atoms with E-state index in [-0.39, 0.29) is 41.7 Å². The molecule has 0 atom stereocenters. The first-order valence-electron chi connectivity index (χ1n) is 8.74. The lowest BCUT2D eigenvalue weighted by molar-refractivity contribution is -0.0504. The van der Waals surface area contributed by atoms with Crippen molar-refractivity contribution >= 4 is 41.3 Å². The predicted molar refractivity (Wildman–Crippen MR) is 123 cm³/mol. The predicted octanol–water partition coefficient (Wildman–Crippen LogP) is 4.53. The maximum atomic E-state index is 12.6. The minimum absolute atomic E-state index is 0. The average Bonchev–Trinajstić information content (AvgIpc) is 3.12. The quantitative estimate of drug-likeness (QED) is 0.307. The van der Waals surface area contributed by atoms with Gasteiger partial charge in [-0.15, -0.1) is 35.3 Å². The zero-order valence-electron chi connectivity index (χ0n) is 17.1. The Balaban J connectivity index is 0.00000420. The van der Waals surface area contributed by atoms with Gasteiger partial charge in [-0.25, -0.2) is 4.98 Å². The van der Waals surface area contributed by atoms with Crippen LogP contribution in [0.4, 0.5) is 8.78 Å². The van der Waals surface area contributed by atoms with Gasteiger partial charge in [0.25, 0.3) is 0 Å². The number of aromatic nitrogens is 1. The molecule has 2 aromatic rings. The molecular weight excluding hydrogens is 513 g/mol. The average molecular weight is 540 g/mol. The van der Waals surface area contributed by atoms with Crippen molar-refractivity contribution in [3.63, 3.8) is 0 Å². The van der Waals surface area contributed by atoms with Crippen LogP contribution in [0.5, 0.6) is 11.5 Å². The summed E-state index contributed by atoms with van der Waals surface area (Å²) in [6.07, 6.45) is 0. The molecule has 2 rings (SSSR count). The summed E-state index contributed by atoms with van der Waals surface area (Å²) >= 11 is 1.58. The summed E-state index contributed by atoms with van der Waals surface area (Å²) in [5.41, 5.74) is 1.58. The van der Waals surface area contributed by atoms with E-state index in [0.29, 0.717) is 23.8 Å². The van der Waals surface area contributed by atoms with Gasteiger partial charge in [0.15, 0.2) is 5.96 Å². The molecule has 29 heavy (non-hydrogen) atoms. The minimum Gasteiger partial charge on any atom is -0.497 e. The summed E-state index contributed by atoms with van der Waals surface area (Å²) in [7, 11) is 3.15. The molecule has 0 aliphatic rings. The van der Waals surface area contributed by atoms with Crippen LogP contribution in [0.1, 0.15) is 37.0 Å². The second-order valence-electron chi connectivity index (χ2n) is 7.01. The Morgan fingerprint density at radius 1 is 1.24 bits per heavy atom. The lowest BCUT2D eigenvalue weighted by Gasteiger charge is -2.15. The van der Waals surface area contributed by atoms with Crippen molar-refractivity contribution in [3.05, 3.63) is 39.8 Å². The number of thiazole rings is 1. The summed E-state index contributed by atoms with van der Waals surface area (Å²) in [4.78, 5) is 8.79. The summed E-state index contributed by atoms with van der Waals surface area (Å²) in [6, 6.07) is 4.68. The lowest BCUT2D eigenvalue weighted by atomic mass is 9.93. The van der Waals surface area contributed by atoms with E-state index in [9.17, 15) is 8.78 Å². The highest BCUT2D eigenvalue weighted by molar-refractivity contribution is 14.0. The third-order valence-electron chi connectivity index (χ3n) is 3.88. The van der Waals surface area contributed by atoms with Crippen LogP contribution in [0.3, 0.4) is 0 Å². The molecule has 0 unspecified atom stereocenters. The molecular formula is C19H27F2IN4O2S. The molecule has 1 aromatic heterocycles. The number of alkyl halides is 2. The van der Waals surface area contributed by atoms with Gasteiger partial charge >= 0.3 is 6.61 Å². The fourth-order valence-corrected chi connectivity index (χ4v) is 3.29. The van der Waals surface area contributed by atoms with Crippen LogP contribution in [0.15, 0.2) is 28.6 Å². The topological polar surface area (TPSA) is 67.8 Å². The number of hydrogen-bond acceptors (Lipinski definition) is 5. The molecule has 0 saturated carbocycles. The summed E-state index contributed by atoms with van der Waals surface area (Å²) in [5, 5.41) is 9.26. The van der Waals surface area contributed by atoms with Crippen LogP contribution in [0.2, 0.25) is 0 Å². The van der Waals surface area contributed by atoms with Gasteiger partial charge in [-0.05, 0) is 18.2 Å². The smallest absolute Gasteiger partial charge is 0.387 e. The Hall–Kier alpha value is -1.69. The molecule has 6 nitrogen and oxygen atoms in total. The van der Waals surface area contributed by atoms with Gasteiger partial charge in [-0.3, -0.25) is 4.99 Å². The third-order valence-corrected chi connectivity index (χ3v) is 4.73. The number of nitrogens with zero attached hydrogens (tertiary/aromatic N) is 2. The molecule has 0 saturated heterocycles. The second kappa shape index (κ2) is 11.5. The van der Waals surface area contributed by atoms with E-state index in [1.807, 2.05) is 0 Å². The Labute approximate surface area is 191 Å². The number of nitrogens with one attached hydrogen (secondary N) is 2. The number of aliphatic imine (C=N–C) groups is 1. The maximum Gasteiger partial charge on any atom is 0.387 e. The van der Waals surface area contributed by atoms with Crippen molar-refractivity contribution in [3.8, 4) is 11.5 Å². The number of methoxy groups -OCH3 is 1. The van der Waals surface area contributed by atoms with Crippen LogP contribution < -0.4 is 20.1 Å². The van der Waals surface area contributed by atoms with Gasteiger partial charge in [-0.1, -0.05) is 20.8 Å². The fraction of sp³-hybridized carbons (Fsp3) is 0.474. The number of benzene rings is 1. The fourth-order valence-electron chi connectivity index (χ4n) is 2.33. The van der Waals surface area contributed by atoms with Gasteiger partial charge in [0.05, 0.1) is 19.3 Å². The maximum absolute atomic E-state index is 12.6. The van der Waals surface area contributed by atoms with Crippen LogP contribution in [-0.4, -0.2) is 31.7 Å². The third kappa shape index (κ3) is 7.92. The van der Waals surface area contributed by atoms with E-state index >= 15 is 0 Å². The highest BCUT2D eigenvalue weighted by Gasteiger charge is 2.17. The van der Waals surface area contributed by atoms with Gasteiger partial charge in [-0.2, -0.15) is 8.78 Å². The first-order chi connectivity index (χ1) is 13.2. The van der Waals surface area contributed by atoms with Crippen molar-refractivity contribution in [2.45, 2.75) is 45.9 Å². The highest BCUT2D eigenvalue weighted by atomic mass is 127. The van der Waals surface area contributed by atoms with Crippen molar-refractivity contribution in [2.24, 2.45) is 4.99 Å². The molecule has 0 radical (unpaired) electrons. The van der Waals surface area contributed by atoms with E-state index < -0.39 is 6.61 Å². The zero-order valence-corrected chi connectivity index (χ0v) is 20.2. The Bertz CT molecular complexity index is 810. The number of halogens is 3. The number of hydrogen-bond donors (Lipinski definition) is 2. The van der Waals surface area contributed by atoms with E-state index in [1.165, 1.54) is 13.2 Å². The molecule has 2 N–H and O–H groups in total. The molecule has 0 spiro atoms. The van der Waals surface area contributed by atoms with Gasteiger partial charge in [0.2, 0.25) is 0 Å². The van der Waals surface area contributed by atoms with Crippen molar-refractivity contribution < 1.29 is 18.3 Å². The molecule has 0 bridgehead atoms. The molecule has 0 amide bonds. The van der Waals surface area contributed by atoms with Gasteiger partial charge in [0.1, 0.15) is 16.5 Å². The van der Waals surface area contributed by atoms with Crippen LogP contribution in [0, 0.1) is 0 Å². The molecule has 1 aromatic carbocycles.